The topological polar surface area (TPSA) is 364 Å². The standard InChI is InChI=1S/C26H40N7O17P3S/c1-4-5-6-17(35)54-10-9-28-16(34)7-8-29-24(38)21(37)26(2,3)12-47-53(44,45)50-52(42,43)46-11-15-20(49-51(39,40)41)19(36)25(48-15)33-14-32-18-22(27)30-13-31-23(18)33/h13-15,19-21,25,36-37H,6-12H2,1-3H3,(H,28,34)(H,29,38)(H,42,43)(H,44,45)(H2,27,30,31)(H2,39,40,41)/t15-,19-,20-,21+,25-/m1/s1. The zero-order valence-electron chi connectivity index (χ0n) is 28.8. The number of carbonyl (C=O) groups is 3. The summed E-state index contributed by atoms with van der Waals surface area (Å²) in [4.78, 5) is 86.9. The molecule has 10 N–H and O–H groups in total. The predicted molar refractivity (Wildman–Crippen MR) is 185 cm³/mol. The van der Waals surface area contributed by atoms with Gasteiger partial charge in [-0.05, 0) is 6.92 Å². The average molecular weight is 848 g/mol. The van der Waals surface area contributed by atoms with Crippen molar-refractivity contribution in [2.24, 2.45) is 5.41 Å². The summed E-state index contributed by atoms with van der Waals surface area (Å²) in [6.07, 6.45) is -6.84. The molecule has 2 aromatic rings. The van der Waals surface area contributed by atoms with Crippen LogP contribution in [0.1, 0.15) is 39.8 Å². The number of hydrogen-bond acceptors (Lipinski definition) is 18. The Morgan fingerprint density at radius 1 is 1.09 bits per heavy atom. The molecule has 3 rings (SSSR count). The van der Waals surface area contributed by atoms with Gasteiger partial charge < -0.3 is 50.9 Å². The van der Waals surface area contributed by atoms with E-state index in [-0.39, 0.29) is 48.0 Å². The summed E-state index contributed by atoms with van der Waals surface area (Å²) in [5.41, 5.74) is 4.25. The monoisotopic (exact) mass is 847 g/mol. The molecule has 0 radical (unpaired) electrons. The molecule has 2 unspecified atom stereocenters. The lowest BCUT2D eigenvalue weighted by atomic mass is 9.87. The fourth-order valence-corrected chi connectivity index (χ4v) is 7.94. The molecule has 54 heavy (non-hydrogen) atoms. The van der Waals surface area contributed by atoms with Gasteiger partial charge in [-0.15, -0.1) is 5.92 Å². The number of aliphatic hydroxyl groups excluding tert-OH is 2. The van der Waals surface area contributed by atoms with E-state index in [2.05, 4.69) is 46.3 Å². The molecule has 0 spiro atoms. The molecule has 1 saturated heterocycles. The number of fused-ring (bicyclic) bond motifs is 1. The van der Waals surface area contributed by atoms with Crippen LogP contribution in [0.15, 0.2) is 12.7 Å². The normalized spacial score (nSPS) is 21.7. The Morgan fingerprint density at radius 2 is 1.78 bits per heavy atom. The molecule has 3 heterocycles. The highest BCUT2D eigenvalue weighted by Crippen LogP contribution is 2.61. The first-order chi connectivity index (χ1) is 25.1. The highest BCUT2D eigenvalue weighted by Gasteiger charge is 2.50. The van der Waals surface area contributed by atoms with Crippen LogP contribution in [-0.4, -0.2) is 123 Å². The number of aliphatic hydroxyl groups is 2. The Kier molecular flexibility index (Phi) is 16.3. The first-order valence-corrected chi connectivity index (χ1v) is 21.0. The lowest BCUT2D eigenvalue weighted by Gasteiger charge is -2.30. The largest absolute Gasteiger partial charge is 0.481 e. The number of phosphoric acid groups is 3. The molecule has 24 nitrogen and oxygen atoms in total. The van der Waals surface area contributed by atoms with Gasteiger partial charge in [-0.1, -0.05) is 31.5 Å². The van der Waals surface area contributed by atoms with Crippen molar-refractivity contribution in [1.82, 2.24) is 30.2 Å². The van der Waals surface area contributed by atoms with Crippen LogP contribution >= 0.6 is 35.2 Å². The number of imidazole rings is 1. The van der Waals surface area contributed by atoms with Crippen molar-refractivity contribution in [2.75, 3.05) is 37.8 Å². The molecule has 302 valence electrons. The van der Waals surface area contributed by atoms with E-state index in [0.717, 1.165) is 29.0 Å². The van der Waals surface area contributed by atoms with Crippen LogP contribution in [0, 0.1) is 17.3 Å². The molecule has 0 aromatic carbocycles. The number of ether oxygens (including phenoxy) is 1. The third kappa shape index (κ3) is 13.7. The Balaban J connectivity index is 1.51. The predicted octanol–water partition coefficient (Wildman–Crippen LogP) is -0.922. The smallest absolute Gasteiger partial charge is 0.386 e. The minimum atomic E-state index is -5.57. The number of thioether (sulfide) groups is 1. The number of phosphoric ester groups is 3. The number of aromatic nitrogens is 4. The Bertz CT molecular complexity index is 1870. The van der Waals surface area contributed by atoms with Gasteiger partial charge in [0.2, 0.25) is 16.9 Å². The van der Waals surface area contributed by atoms with Crippen molar-refractivity contribution >= 4 is 69.1 Å². The molecule has 0 bridgehead atoms. The van der Waals surface area contributed by atoms with E-state index in [1.165, 1.54) is 13.8 Å². The number of nitrogen functional groups attached to an aromatic ring is 1. The van der Waals surface area contributed by atoms with Gasteiger partial charge in [0.05, 0.1) is 26.0 Å². The lowest BCUT2D eigenvalue weighted by molar-refractivity contribution is -0.137. The summed E-state index contributed by atoms with van der Waals surface area (Å²) >= 11 is 1.01. The maximum Gasteiger partial charge on any atom is 0.481 e. The molecule has 7 atom stereocenters. The maximum atomic E-state index is 12.6. The molecule has 1 aliphatic heterocycles. The number of nitrogens with two attached hydrogens (primary N) is 1. The van der Waals surface area contributed by atoms with Gasteiger partial charge in [0.25, 0.3) is 0 Å². The van der Waals surface area contributed by atoms with Gasteiger partial charge in [-0.25, -0.2) is 28.6 Å². The molecule has 2 amide bonds. The molecule has 28 heteroatoms. The highest BCUT2D eigenvalue weighted by molar-refractivity contribution is 8.13. The average Bonchev–Trinajstić information content (AvgIpc) is 3.63. The van der Waals surface area contributed by atoms with E-state index in [1.54, 1.807) is 6.92 Å². The summed E-state index contributed by atoms with van der Waals surface area (Å²) in [7, 11) is -16.4. The van der Waals surface area contributed by atoms with E-state index in [4.69, 9.17) is 19.5 Å². The van der Waals surface area contributed by atoms with Crippen LogP contribution in [0.4, 0.5) is 5.82 Å². The van der Waals surface area contributed by atoms with Gasteiger partial charge in [-0.3, -0.25) is 32.5 Å². The van der Waals surface area contributed by atoms with Crippen molar-refractivity contribution in [1.29, 1.82) is 0 Å². The van der Waals surface area contributed by atoms with Gasteiger partial charge in [0.1, 0.15) is 36.3 Å². The first-order valence-electron chi connectivity index (χ1n) is 15.5. The third-order valence-electron chi connectivity index (χ3n) is 7.17. The van der Waals surface area contributed by atoms with E-state index in [9.17, 15) is 57.9 Å². The second-order valence-corrected chi connectivity index (χ2v) is 17.3. The van der Waals surface area contributed by atoms with Gasteiger partial charge in [0.15, 0.2) is 17.7 Å². The molecule has 2 aromatic heterocycles. The van der Waals surface area contributed by atoms with Crippen molar-refractivity contribution < 1.29 is 80.5 Å². The zero-order valence-corrected chi connectivity index (χ0v) is 32.3. The van der Waals surface area contributed by atoms with Crippen molar-refractivity contribution in [3.05, 3.63) is 12.7 Å². The SMILES string of the molecule is CC#CCC(=O)SCCNC(=O)CCNC(=O)[C@H](O)C(C)(C)COP(=O)(O)OP(=O)(O)OC[C@H]1O[C@@H](n2cnc3c(N)ncnc32)[C@H](O)[C@@H]1OP(=O)(O)O. The van der Waals surface area contributed by atoms with Crippen molar-refractivity contribution in [3.63, 3.8) is 0 Å². The van der Waals surface area contributed by atoms with Crippen LogP contribution in [-0.2, 0) is 50.7 Å². The Hall–Kier alpha value is -2.88. The number of hydrogen-bond donors (Lipinski definition) is 9. The van der Waals surface area contributed by atoms with E-state index in [1.807, 2.05) is 0 Å². The highest BCUT2D eigenvalue weighted by atomic mass is 32.2. The quantitative estimate of drug-likeness (QED) is 0.0442. The second-order valence-electron chi connectivity index (χ2n) is 11.9. The number of nitrogens with zero attached hydrogens (tertiary/aromatic N) is 4. The van der Waals surface area contributed by atoms with E-state index < -0.39 is 84.6 Å². The van der Waals surface area contributed by atoms with Crippen LogP contribution in [0.3, 0.4) is 0 Å². The molecule has 0 saturated carbocycles. The van der Waals surface area contributed by atoms with Gasteiger partial charge in [-0.2, -0.15) is 4.31 Å². The maximum absolute atomic E-state index is 12.6. The first kappa shape index (κ1) is 45.5. The minimum Gasteiger partial charge on any atom is -0.386 e. The summed E-state index contributed by atoms with van der Waals surface area (Å²) in [5.74, 6) is 4.08. The molecular weight excluding hydrogens is 807 g/mol. The second kappa shape index (κ2) is 19.3. The number of rotatable bonds is 20. The van der Waals surface area contributed by atoms with Crippen LogP contribution in [0.25, 0.3) is 11.2 Å². The van der Waals surface area contributed by atoms with Gasteiger partial charge in [0, 0.05) is 30.7 Å². The van der Waals surface area contributed by atoms with Crippen LogP contribution in [0.2, 0.25) is 0 Å². The van der Waals surface area contributed by atoms with E-state index in [0.29, 0.717) is 5.75 Å². The summed E-state index contributed by atoms with van der Waals surface area (Å²) in [6, 6.07) is 0. The van der Waals surface area contributed by atoms with E-state index >= 15 is 0 Å². The fourth-order valence-electron chi connectivity index (χ4n) is 4.51. The number of carbonyl (C=O) groups excluding carboxylic acids is 3. The number of nitrogens with one attached hydrogen (secondary N) is 2. The van der Waals surface area contributed by atoms with Crippen LogP contribution in [0.5, 0.6) is 0 Å². The molecule has 0 aliphatic carbocycles. The Morgan fingerprint density at radius 3 is 2.44 bits per heavy atom. The zero-order chi connectivity index (χ0) is 40.5. The summed E-state index contributed by atoms with van der Waals surface area (Å²) in [6.45, 7) is 2.06. The Labute approximate surface area is 311 Å². The van der Waals surface area contributed by atoms with Crippen molar-refractivity contribution in [2.45, 2.75) is 64.3 Å². The van der Waals surface area contributed by atoms with Crippen LogP contribution < -0.4 is 16.4 Å². The fraction of sp³-hybridized carbons (Fsp3) is 0.615. The minimum absolute atomic E-state index is 0.0290. The molecule has 1 fully saturated rings. The number of amides is 2. The summed E-state index contributed by atoms with van der Waals surface area (Å²) in [5, 5.41) is 26.1. The van der Waals surface area contributed by atoms with Crippen molar-refractivity contribution in [3.8, 4) is 11.8 Å². The molecule has 1 aliphatic rings. The van der Waals surface area contributed by atoms with Gasteiger partial charge >= 0.3 is 23.5 Å². The lowest BCUT2D eigenvalue weighted by Crippen LogP contribution is -2.46. The number of anilines is 1. The summed E-state index contributed by atoms with van der Waals surface area (Å²) < 4.78 is 62.0. The third-order valence-corrected chi connectivity index (χ3v) is 11.1. The molecular formula is C26H40N7O17P3S.